The van der Waals surface area contributed by atoms with Gasteiger partial charge in [0.25, 0.3) is 5.91 Å². The van der Waals surface area contributed by atoms with E-state index in [1.807, 2.05) is 31.2 Å². The predicted octanol–water partition coefficient (Wildman–Crippen LogP) is 3.06. The highest BCUT2D eigenvalue weighted by molar-refractivity contribution is 5.91. The second-order valence-corrected chi connectivity index (χ2v) is 5.87. The Morgan fingerprint density at radius 3 is 2.96 bits per heavy atom. The molecule has 7 nitrogen and oxygen atoms in total. The molecule has 25 heavy (non-hydrogen) atoms. The molecule has 0 fully saturated rings. The van der Waals surface area contributed by atoms with Gasteiger partial charge in [0.15, 0.2) is 5.89 Å². The maximum atomic E-state index is 12.2. The van der Waals surface area contributed by atoms with Crippen molar-refractivity contribution in [2.75, 3.05) is 6.61 Å². The fourth-order valence-corrected chi connectivity index (χ4v) is 2.80. The molecule has 0 aliphatic carbocycles. The average Bonchev–Trinajstić information content (AvgIpc) is 3.34. The lowest BCUT2D eigenvalue weighted by Crippen LogP contribution is -2.29. The van der Waals surface area contributed by atoms with Crippen LogP contribution in [-0.4, -0.2) is 22.7 Å². The summed E-state index contributed by atoms with van der Waals surface area (Å²) < 4.78 is 16.2. The van der Waals surface area contributed by atoms with Crippen molar-refractivity contribution in [1.29, 1.82) is 0 Å². The van der Waals surface area contributed by atoms with Crippen LogP contribution in [0.5, 0.6) is 5.75 Å². The summed E-state index contributed by atoms with van der Waals surface area (Å²) in [4.78, 5) is 16.2. The SMILES string of the molecule is CCc1cc(-c2ccc3c(c2)OCC3NC(=O)c2cnc(C)o2)no1. The van der Waals surface area contributed by atoms with Gasteiger partial charge in [0, 0.05) is 30.5 Å². The fraction of sp³-hybridized carbons (Fsp3) is 0.278. The van der Waals surface area contributed by atoms with Crippen LogP contribution in [0.2, 0.25) is 0 Å². The number of benzene rings is 1. The van der Waals surface area contributed by atoms with Crippen molar-refractivity contribution < 1.29 is 18.5 Å². The van der Waals surface area contributed by atoms with Gasteiger partial charge in [-0.3, -0.25) is 4.79 Å². The van der Waals surface area contributed by atoms with Gasteiger partial charge in [0.2, 0.25) is 5.76 Å². The third-order valence-electron chi connectivity index (χ3n) is 4.15. The normalized spacial score (nSPS) is 15.7. The summed E-state index contributed by atoms with van der Waals surface area (Å²) in [5, 5.41) is 6.98. The topological polar surface area (TPSA) is 90.4 Å². The summed E-state index contributed by atoms with van der Waals surface area (Å²) >= 11 is 0. The molecule has 7 heteroatoms. The molecule has 1 unspecified atom stereocenters. The highest BCUT2D eigenvalue weighted by Gasteiger charge is 2.27. The van der Waals surface area contributed by atoms with Gasteiger partial charge >= 0.3 is 0 Å². The van der Waals surface area contributed by atoms with E-state index in [4.69, 9.17) is 13.7 Å². The molecule has 1 aliphatic rings. The molecular formula is C18H17N3O4. The lowest BCUT2D eigenvalue weighted by molar-refractivity contribution is 0.0901. The first kappa shape index (κ1) is 15.4. The number of rotatable bonds is 4. The molecule has 0 radical (unpaired) electrons. The number of carbonyl (C=O) groups excluding carboxylic acids is 1. The van der Waals surface area contributed by atoms with Gasteiger partial charge in [-0.1, -0.05) is 24.2 Å². The highest BCUT2D eigenvalue weighted by Crippen LogP contribution is 2.36. The van der Waals surface area contributed by atoms with Crippen molar-refractivity contribution in [2.24, 2.45) is 0 Å². The molecule has 1 aromatic carbocycles. The third-order valence-corrected chi connectivity index (χ3v) is 4.15. The van der Waals surface area contributed by atoms with Crippen molar-refractivity contribution in [3.63, 3.8) is 0 Å². The van der Waals surface area contributed by atoms with Gasteiger partial charge < -0.3 is 19.0 Å². The van der Waals surface area contributed by atoms with E-state index in [1.54, 1.807) is 6.92 Å². The second-order valence-electron chi connectivity index (χ2n) is 5.87. The van der Waals surface area contributed by atoms with Crippen LogP contribution in [0.4, 0.5) is 0 Å². The number of aromatic nitrogens is 2. The fourth-order valence-electron chi connectivity index (χ4n) is 2.80. The predicted molar refractivity (Wildman–Crippen MR) is 88.3 cm³/mol. The molecule has 1 N–H and O–H groups in total. The van der Waals surface area contributed by atoms with Crippen molar-refractivity contribution >= 4 is 5.91 Å². The highest BCUT2D eigenvalue weighted by atomic mass is 16.5. The smallest absolute Gasteiger partial charge is 0.289 e. The number of carbonyl (C=O) groups is 1. The third kappa shape index (κ3) is 2.88. The quantitative estimate of drug-likeness (QED) is 0.785. The minimum absolute atomic E-state index is 0.192. The summed E-state index contributed by atoms with van der Waals surface area (Å²) in [6.45, 7) is 4.08. The largest absolute Gasteiger partial charge is 0.491 e. The van der Waals surface area contributed by atoms with Gasteiger partial charge in [-0.25, -0.2) is 4.98 Å². The Hall–Kier alpha value is -3.09. The molecule has 1 atom stereocenters. The Morgan fingerprint density at radius 2 is 2.24 bits per heavy atom. The number of fused-ring (bicyclic) bond motifs is 1. The zero-order valence-electron chi connectivity index (χ0n) is 13.9. The Kier molecular flexibility index (Phi) is 3.76. The van der Waals surface area contributed by atoms with E-state index in [0.29, 0.717) is 12.5 Å². The number of hydrogen-bond donors (Lipinski definition) is 1. The first-order chi connectivity index (χ1) is 12.1. The molecule has 2 aromatic heterocycles. The average molecular weight is 339 g/mol. The lowest BCUT2D eigenvalue weighted by Gasteiger charge is -2.10. The number of amides is 1. The zero-order valence-corrected chi connectivity index (χ0v) is 13.9. The maximum Gasteiger partial charge on any atom is 0.289 e. The number of oxazole rings is 1. The molecule has 0 saturated carbocycles. The number of hydrogen-bond acceptors (Lipinski definition) is 6. The zero-order chi connectivity index (χ0) is 17.4. The summed E-state index contributed by atoms with van der Waals surface area (Å²) in [5.74, 6) is 1.91. The minimum atomic E-state index is -0.310. The first-order valence-electron chi connectivity index (χ1n) is 8.10. The van der Waals surface area contributed by atoms with Gasteiger partial charge in [0.1, 0.15) is 23.8 Å². The van der Waals surface area contributed by atoms with E-state index in [9.17, 15) is 4.79 Å². The van der Waals surface area contributed by atoms with E-state index in [1.165, 1.54) is 6.20 Å². The molecule has 128 valence electrons. The molecular weight excluding hydrogens is 322 g/mol. The molecule has 0 spiro atoms. The van der Waals surface area contributed by atoms with Gasteiger partial charge in [-0.2, -0.15) is 0 Å². The van der Waals surface area contributed by atoms with E-state index >= 15 is 0 Å². The molecule has 4 rings (SSSR count). The Labute approximate surface area is 144 Å². The maximum absolute atomic E-state index is 12.2. The van der Waals surface area contributed by atoms with Gasteiger partial charge in [-0.15, -0.1) is 0 Å². The number of aryl methyl sites for hydroxylation is 2. The Bertz CT molecular complexity index is 928. The minimum Gasteiger partial charge on any atom is -0.491 e. The first-order valence-corrected chi connectivity index (χ1v) is 8.10. The summed E-state index contributed by atoms with van der Waals surface area (Å²) in [7, 11) is 0. The Morgan fingerprint density at radius 1 is 1.36 bits per heavy atom. The van der Waals surface area contributed by atoms with Crippen molar-refractivity contribution in [3.8, 4) is 17.0 Å². The van der Waals surface area contributed by atoms with Crippen LogP contribution in [-0.2, 0) is 6.42 Å². The van der Waals surface area contributed by atoms with E-state index in [0.717, 1.165) is 34.8 Å². The van der Waals surface area contributed by atoms with Crippen molar-refractivity contribution in [1.82, 2.24) is 15.5 Å². The summed E-state index contributed by atoms with van der Waals surface area (Å²) in [5.41, 5.74) is 2.61. The molecule has 1 amide bonds. The molecule has 3 heterocycles. The van der Waals surface area contributed by atoms with Crippen molar-refractivity contribution in [3.05, 3.63) is 53.4 Å². The van der Waals surface area contributed by atoms with Crippen LogP contribution < -0.4 is 10.1 Å². The van der Waals surface area contributed by atoms with Crippen LogP contribution in [0, 0.1) is 6.92 Å². The summed E-state index contributed by atoms with van der Waals surface area (Å²) in [6.07, 6.45) is 2.21. The number of ether oxygens (including phenoxy) is 1. The Balaban J connectivity index is 1.54. The van der Waals surface area contributed by atoms with Gasteiger partial charge in [-0.05, 0) is 6.07 Å². The molecule has 1 aliphatic heterocycles. The van der Waals surface area contributed by atoms with Gasteiger partial charge in [0.05, 0.1) is 12.2 Å². The summed E-state index contributed by atoms with van der Waals surface area (Å²) in [6, 6.07) is 7.49. The molecule has 0 bridgehead atoms. The van der Waals surface area contributed by atoms with Crippen LogP contribution in [0.1, 0.15) is 40.7 Å². The monoisotopic (exact) mass is 339 g/mol. The van der Waals surface area contributed by atoms with E-state index in [-0.39, 0.29) is 17.7 Å². The van der Waals surface area contributed by atoms with Crippen LogP contribution in [0.3, 0.4) is 0 Å². The van der Waals surface area contributed by atoms with E-state index < -0.39 is 0 Å². The number of nitrogens with zero attached hydrogens (tertiary/aromatic N) is 2. The second kappa shape index (κ2) is 6.08. The van der Waals surface area contributed by atoms with Crippen LogP contribution in [0.15, 0.2) is 39.4 Å². The molecule has 3 aromatic rings. The molecule has 0 saturated heterocycles. The van der Waals surface area contributed by atoms with E-state index in [2.05, 4.69) is 15.5 Å². The van der Waals surface area contributed by atoms with Crippen LogP contribution >= 0.6 is 0 Å². The van der Waals surface area contributed by atoms with Crippen molar-refractivity contribution in [2.45, 2.75) is 26.3 Å². The number of nitrogens with one attached hydrogen (secondary N) is 1. The van der Waals surface area contributed by atoms with Crippen LogP contribution in [0.25, 0.3) is 11.3 Å². The lowest BCUT2D eigenvalue weighted by atomic mass is 10.0. The standard InChI is InChI=1S/C18H17N3O4/c1-3-12-7-14(21-25-12)11-4-5-13-15(9-23-16(13)6-11)20-18(22)17-8-19-10(2)24-17/h4-8,15H,3,9H2,1-2H3,(H,20,22).